The van der Waals surface area contributed by atoms with Crippen LogP contribution in [0.15, 0.2) is 61.2 Å². The number of methoxy groups -OCH3 is 1. The number of hydrogen-bond acceptors (Lipinski definition) is 3. The third kappa shape index (κ3) is 7.25. The van der Waals surface area contributed by atoms with E-state index in [1.807, 2.05) is 24.3 Å². The first kappa shape index (κ1) is 24.1. The molecule has 0 saturated carbocycles. The summed E-state index contributed by atoms with van der Waals surface area (Å²) in [5, 5.41) is 0.0645. The summed E-state index contributed by atoms with van der Waals surface area (Å²) >= 11 is 0. The average molecular weight is 401 g/mol. The molecule has 0 saturated heterocycles. The van der Waals surface area contributed by atoms with E-state index in [0.29, 0.717) is 5.57 Å². The number of allylic oxidation sites excluding steroid dienone is 3. The molecule has 0 heterocycles. The average Bonchev–Trinajstić information content (AvgIpc) is 2.65. The molecule has 4 heteroatoms. The SMILES string of the molecule is C=C(/C=C/CCCC(O[Si](C)(C)C(C)(C)C)C(=C)C(=O)OC)c1ccccc1. The predicted molar refractivity (Wildman–Crippen MR) is 122 cm³/mol. The Morgan fingerprint density at radius 2 is 1.79 bits per heavy atom. The molecule has 28 heavy (non-hydrogen) atoms. The van der Waals surface area contributed by atoms with Crippen LogP contribution < -0.4 is 0 Å². The second-order valence-corrected chi connectivity index (χ2v) is 13.4. The van der Waals surface area contributed by atoms with Crippen molar-refractivity contribution in [1.29, 1.82) is 0 Å². The van der Waals surface area contributed by atoms with Crippen LogP contribution in [0.3, 0.4) is 0 Å². The van der Waals surface area contributed by atoms with E-state index in [9.17, 15) is 4.79 Å². The fourth-order valence-corrected chi connectivity index (χ4v) is 3.82. The molecule has 0 N–H and O–H groups in total. The van der Waals surface area contributed by atoms with Gasteiger partial charge in [0.05, 0.1) is 18.8 Å². The van der Waals surface area contributed by atoms with Gasteiger partial charge in [-0.2, -0.15) is 0 Å². The topological polar surface area (TPSA) is 35.5 Å². The Morgan fingerprint density at radius 3 is 2.32 bits per heavy atom. The molecular weight excluding hydrogens is 364 g/mol. The van der Waals surface area contributed by atoms with Crippen molar-refractivity contribution in [2.45, 2.75) is 64.3 Å². The highest BCUT2D eigenvalue weighted by Gasteiger charge is 2.40. The van der Waals surface area contributed by atoms with Gasteiger partial charge in [0.1, 0.15) is 0 Å². The molecule has 0 aliphatic heterocycles. The lowest BCUT2D eigenvalue weighted by Crippen LogP contribution is -2.45. The van der Waals surface area contributed by atoms with Crippen molar-refractivity contribution in [3.63, 3.8) is 0 Å². The fourth-order valence-electron chi connectivity index (χ4n) is 2.49. The molecule has 1 aromatic carbocycles. The van der Waals surface area contributed by atoms with Crippen LogP contribution in [-0.2, 0) is 14.0 Å². The zero-order valence-corrected chi connectivity index (χ0v) is 19.4. The normalized spacial score (nSPS) is 13.4. The van der Waals surface area contributed by atoms with Gasteiger partial charge in [-0.25, -0.2) is 4.79 Å². The third-order valence-electron chi connectivity index (χ3n) is 5.38. The molecule has 1 aromatic rings. The number of hydrogen-bond donors (Lipinski definition) is 0. The molecule has 0 aliphatic rings. The van der Waals surface area contributed by atoms with Crippen molar-refractivity contribution < 1.29 is 14.0 Å². The fraction of sp³-hybridized carbons (Fsp3) is 0.458. The first-order chi connectivity index (χ1) is 13.0. The van der Waals surface area contributed by atoms with Crippen LogP contribution in [-0.4, -0.2) is 27.5 Å². The second kappa shape index (κ2) is 10.6. The predicted octanol–water partition coefficient (Wildman–Crippen LogP) is 6.55. The van der Waals surface area contributed by atoms with Gasteiger partial charge in [-0.15, -0.1) is 0 Å². The summed E-state index contributed by atoms with van der Waals surface area (Å²) in [6, 6.07) is 10.1. The molecule has 0 aliphatic carbocycles. The maximum absolute atomic E-state index is 12.0. The minimum atomic E-state index is -2.02. The molecule has 0 radical (unpaired) electrons. The van der Waals surface area contributed by atoms with Gasteiger partial charge in [0.25, 0.3) is 0 Å². The van der Waals surface area contributed by atoms with E-state index in [4.69, 9.17) is 9.16 Å². The first-order valence-corrected chi connectivity index (χ1v) is 12.8. The molecule has 0 spiro atoms. The maximum atomic E-state index is 12.0. The molecule has 154 valence electrons. The van der Waals surface area contributed by atoms with E-state index in [0.717, 1.165) is 30.4 Å². The molecule has 3 nitrogen and oxygen atoms in total. The smallest absolute Gasteiger partial charge is 0.335 e. The van der Waals surface area contributed by atoms with Crippen molar-refractivity contribution in [3.05, 3.63) is 66.8 Å². The van der Waals surface area contributed by atoms with Crippen LogP contribution in [0.2, 0.25) is 18.1 Å². The van der Waals surface area contributed by atoms with Gasteiger partial charge in [0, 0.05) is 0 Å². The molecule has 1 rings (SSSR count). The summed E-state index contributed by atoms with van der Waals surface area (Å²) < 4.78 is 11.4. The van der Waals surface area contributed by atoms with Gasteiger partial charge in [0.15, 0.2) is 8.32 Å². The van der Waals surface area contributed by atoms with E-state index in [1.165, 1.54) is 7.11 Å². The summed E-state index contributed by atoms with van der Waals surface area (Å²) in [5.41, 5.74) is 2.52. The minimum Gasteiger partial charge on any atom is -0.466 e. The van der Waals surface area contributed by atoms with Crippen molar-refractivity contribution in [1.82, 2.24) is 0 Å². The molecular formula is C24H36O3Si. The van der Waals surface area contributed by atoms with Crippen LogP contribution >= 0.6 is 0 Å². The monoisotopic (exact) mass is 400 g/mol. The van der Waals surface area contributed by atoms with Gasteiger partial charge >= 0.3 is 5.97 Å². The number of unbranched alkanes of at least 4 members (excludes halogenated alkanes) is 1. The number of carbonyl (C=O) groups excluding carboxylic acids is 1. The summed E-state index contributed by atoms with van der Waals surface area (Å²) in [6.07, 6.45) is 6.39. The number of benzene rings is 1. The largest absolute Gasteiger partial charge is 0.466 e. The zero-order valence-electron chi connectivity index (χ0n) is 18.4. The number of rotatable bonds is 10. The summed E-state index contributed by atoms with van der Waals surface area (Å²) in [6.45, 7) is 19.0. The first-order valence-electron chi connectivity index (χ1n) is 9.85. The van der Waals surface area contributed by atoms with Crippen LogP contribution in [0.4, 0.5) is 0 Å². The molecule has 0 aromatic heterocycles. The van der Waals surface area contributed by atoms with Crippen molar-refractivity contribution in [2.75, 3.05) is 7.11 Å². The molecule has 1 unspecified atom stereocenters. The van der Waals surface area contributed by atoms with E-state index in [1.54, 1.807) is 0 Å². The van der Waals surface area contributed by atoms with Gasteiger partial charge in [-0.3, -0.25) is 0 Å². The zero-order chi connectivity index (χ0) is 21.4. The highest BCUT2D eigenvalue weighted by Crippen LogP contribution is 2.38. The molecule has 0 fully saturated rings. The lowest BCUT2D eigenvalue weighted by atomic mass is 10.0. The van der Waals surface area contributed by atoms with E-state index in [2.05, 4.69) is 65.2 Å². The van der Waals surface area contributed by atoms with Crippen LogP contribution in [0.25, 0.3) is 5.57 Å². The Hall–Kier alpha value is -1.91. The highest BCUT2D eigenvalue weighted by molar-refractivity contribution is 6.74. The second-order valence-electron chi connectivity index (χ2n) is 8.61. The number of ether oxygens (including phenoxy) is 1. The Labute approximate surface area is 172 Å². The van der Waals surface area contributed by atoms with Gasteiger partial charge < -0.3 is 9.16 Å². The number of esters is 1. The minimum absolute atomic E-state index is 0.0645. The van der Waals surface area contributed by atoms with Crippen molar-refractivity contribution in [2.24, 2.45) is 0 Å². The molecule has 0 amide bonds. The highest BCUT2D eigenvalue weighted by atomic mass is 28.4. The Kier molecular flexibility index (Phi) is 9.12. The Morgan fingerprint density at radius 1 is 1.18 bits per heavy atom. The van der Waals surface area contributed by atoms with Crippen molar-refractivity contribution in [3.8, 4) is 0 Å². The van der Waals surface area contributed by atoms with Crippen LogP contribution in [0, 0.1) is 0 Å². The lowest BCUT2D eigenvalue weighted by molar-refractivity contribution is -0.137. The van der Waals surface area contributed by atoms with Crippen molar-refractivity contribution >= 4 is 19.9 Å². The standard InChI is InChI=1S/C24H36O3Si/c1-19(21-16-12-10-13-17-21)15-11-9-14-18-22(20(2)23(25)26-6)27-28(7,8)24(3,4)5/h10-13,15-17,22H,1-2,9,14,18H2,3-8H3/b15-11+. The quantitative estimate of drug-likeness (QED) is 0.147. The summed E-state index contributed by atoms with van der Waals surface area (Å²) in [4.78, 5) is 12.0. The van der Waals surface area contributed by atoms with E-state index < -0.39 is 14.3 Å². The third-order valence-corrected chi connectivity index (χ3v) is 9.87. The number of carbonyl (C=O) groups is 1. The van der Waals surface area contributed by atoms with E-state index in [-0.39, 0.29) is 11.1 Å². The van der Waals surface area contributed by atoms with Crippen LogP contribution in [0.1, 0.15) is 45.6 Å². The van der Waals surface area contributed by atoms with E-state index >= 15 is 0 Å². The molecule has 0 bridgehead atoms. The summed E-state index contributed by atoms with van der Waals surface area (Å²) in [5.74, 6) is -0.392. The maximum Gasteiger partial charge on any atom is 0.335 e. The summed E-state index contributed by atoms with van der Waals surface area (Å²) in [7, 11) is -0.637. The molecule has 1 atom stereocenters. The Balaban J connectivity index is 2.69. The Bertz CT molecular complexity index is 696. The lowest BCUT2D eigenvalue weighted by Gasteiger charge is -2.39. The van der Waals surface area contributed by atoms with Gasteiger partial charge in [-0.1, -0.05) is 76.4 Å². The van der Waals surface area contributed by atoms with Crippen LogP contribution in [0.5, 0.6) is 0 Å². The van der Waals surface area contributed by atoms with Gasteiger partial charge in [0.2, 0.25) is 0 Å². The van der Waals surface area contributed by atoms with Gasteiger partial charge in [-0.05, 0) is 48.5 Å².